The van der Waals surface area contributed by atoms with E-state index in [2.05, 4.69) is 17.9 Å². The van der Waals surface area contributed by atoms with Gasteiger partial charge in [-0.1, -0.05) is 6.90 Å². The Kier molecular flexibility index (Phi) is 3.82. The van der Waals surface area contributed by atoms with Crippen LogP contribution >= 0.6 is 12.6 Å². The Morgan fingerprint density at radius 3 is 2.82 bits per heavy atom. The second kappa shape index (κ2) is 5.01. The molecule has 1 amide bonds. The monoisotopic (exact) mass is 178 g/mol. The lowest BCUT2D eigenvalue weighted by molar-refractivity contribution is -0.141. The summed E-state index contributed by atoms with van der Waals surface area (Å²) in [5.41, 5.74) is 0. The minimum atomic E-state index is -1.11. The molecule has 0 radical (unpaired) electrons. The van der Waals surface area contributed by atoms with E-state index in [1.54, 1.807) is 0 Å². The van der Waals surface area contributed by atoms with E-state index in [1.165, 1.54) is 0 Å². The third-order valence-electron chi connectivity index (χ3n) is 1.04. The lowest BCUT2D eigenvalue weighted by Gasteiger charge is -2.09. The van der Waals surface area contributed by atoms with E-state index in [0.29, 0.717) is 0 Å². The summed E-state index contributed by atoms with van der Waals surface area (Å²) in [6.07, 6.45) is 0.0254. The topological polar surface area (TPSA) is 66.4 Å². The normalized spacial score (nSPS) is 13.4. The van der Waals surface area contributed by atoms with Crippen molar-refractivity contribution in [3.05, 3.63) is 0 Å². The van der Waals surface area contributed by atoms with Crippen molar-refractivity contribution in [3.63, 3.8) is 0 Å². The molecule has 0 aliphatic carbocycles. The zero-order valence-corrected chi connectivity index (χ0v) is 6.80. The number of carboxylic acids is 1. The van der Waals surface area contributed by atoms with E-state index in [0.717, 1.165) is 0 Å². The third kappa shape index (κ3) is 3.87. The van der Waals surface area contributed by atoms with Crippen molar-refractivity contribution in [3.8, 4) is 0 Å². The van der Waals surface area contributed by atoms with Gasteiger partial charge in [-0.15, -0.1) is 0 Å². The molecule has 0 spiro atoms. The number of carbonyl (C=O) groups is 2. The molecule has 0 aliphatic rings. The predicted molar refractivity (Wildman–Crippen MR) is 43.7 cm³/mol. The Bertz CT molecular complexity index is 176. The van der Waals surface area contributed by atoms with E-state index in [-0.39, 0.29) is 19.1 Å². The number of rotatable bonds is 4. The van der Waals surface area contributed by atoms with Gasteiger partial charge < -0.3 is 10.4 Å². The SMILES string of the molecule is [2H]CCC(=O)N[C@@H](CS)C(=O)O. The van der Waals surface area contributed by atoms with Crippen LogP contribution in [0.4, 0.5) is 0 Å². The van der Waals surface area contributed by atoms with Crippen molar-refractivity contribution in [2.24, 2.45) is 0 Å². The first-order chi connectivity index (χ1) is 5.61. The van der Waals surface area contributed by atoms with Crippen LogP contribution in [0.1, 0.15) is 14.7 Å². The highest BCUT2D eigenvalue weighted by Crippen LogP contribution is 1.89. The molecule has 0 aliphatic heterocycles. The molecule has 0 rings (SSSR count). The third-order valence-corrected chi connectivity index (χ3v) is 1.41. The molecule has 0 aromatic carbocycles. The van der Waals surface area contributed by atoms with Gasteiger partial charge in [-0.25, -0.2) is 4.79 Å². The number of aliphatic carboxylic acids is 1. The van der Waals surface area contributed by atoms with Gasteiger partial charge in [-0.2, -0.15) is 12.6 Å². The first-order valence-electron chi connectivity index (χ1n) is 3.74. The van der Waals surface area contributed by atoms with Crippen molar-refractivity contribution in [2.45, 2.75) is 19.4 Å². The maximum atomic E-state index is 10.8. The van der Waals surface area contributed by atoms with Gasteiger partial charge in [0.15, 0.2) is 0 Å². The predicted octanol–water partition coefficient (Wildman–Crippen LogP) is -0.104. The molecule has 5 heteroatoms. The minimum absolute atomic E-state index is 0.0254. The van der Waals surface area contributed by atoms with Crippen LogP contribution in [0.3, 0.4) is 0 Å². The summed E-state index contributed by atoms with van der Waals surface area (Å²) < 4.78 is 6.71. The lowest BCUT2D eigenvalue weighted by Crippen LogP contribution is -2.41. The molecule has 11 heavy (non-hydrogen) atoms. The van der Waals surface area contributed by atoms with E-state index >= 15 is 0 Å². The van der Waals surface area contributed by atoms with E-state index < -0.39 is 17.9 Å². The fourth-order valence-corrected chi connectivity index (χ4v) is 0.699. The number of hydrogen-bond donors (Lipinski definition) is 3. The average molecular weight is 178 g/mol. The highest BCUT2D eigenvalue weighted by molar-refractivity contribution is 7.80. The van der Waals surface area contributed by atoms with Crippen LogP contribution in [-0.4, -0.2) is 28.8 Å². The van der Waals surface area contributed by atoms with Crippen LogP contribution in [0.2, 0.25) is 0 Å². The minimum Gasteiger partial charge on any atom is -0.480 e. The molecule has 0 bridgehead atoms. The van der Waals surface area contributed by atoms with Gasteiger partial charge in [0.2, 0.25) is 5.91 Å². The zero-order chi connectivity index (χ0) is 9.56. The Balaban J connectivity index is 3.85. The molecule has 0 aromatic rings. The average Bonchev–Trinajstić information content (AvgIpc) is 2.00. The molecular weight excluding hydrogens is 166 g/mol. The summed E-state index contributed by atoms with van der Waals surface area (Å²) in [6, 6.07) is -0.951. The van der Waals surface area contributed by atoms with Gasteiger partial charge in [0.25, 0.3) is 0 Å². The van der Waals surface area contributed by atoms with Crippen LogP contribution in [-0.2, 0) is 9.59 Å². The van der Waals surface area contributed by atoms with Crippen LogP contribution in [0.15, 0.2) is 0 Å². The molecule has 64 valence electrons. The van der Waals surface area contributed by atoms with Gasteiger partial charge in [0, 0.05) is 13.5 Å². The molecule has 0 aromatic heterocycles. The van der Waals surface area contributed by atoms with Crippen LogP contribution in [0.25, 0.3) is 0 Å². The summed E-state index contributed by atoms with van der Waals surface area (Å²) in [4.78, 5) is 21.1. The van der Waals surface area contributed by atoms with Crippen molar-refractivity contribution >= 4 is 24.5 Å². The first kappa shape index (κ1) is 8.39. The number of thiol groups is 1. The number of amides is 1. The van der Waals surface area contributed by atoms with Gasteiger partial charge in [-0.05, 0) is 0 Å². The number of carboxylic acid groups (broad SMARTS) is 1. The zero-order valence-electron chi connectivity index (χ0n) is 6.91. The van der Waals surface area contributed by atoms with E-state index in [4.69, 9.17) is 6.48 Å². The van der Waals surface area contributed by atoms with Gasteiger partial charge >= 0.3 is 5.97 Å². The van der Waals surface area contributed by atoms with Crippen molar-refractivity contribution in [2.75, 3.05) is 5.75 Å². The van der Waals surface area contributed by atoms with Crippen molar-refractivity contribution in [1.82, 2.24) is 5.32 Å². The highest BCUT2D eigenvalue weighted by atomic mass is 32.1. The summed E-state index contributed by atoms with van der Waals surface area (Å²) in [6.45, 7) is -0.0370. The molecule has 4 nitrogen and oxygen atoms in total. The lowest BCUT2D eigenvalue weighted by atomic mass is 10.3. The van der Waals surface area contributed by atoms with Crippen LogP contribution in [0.5, 0.6) is 0 Å². The Morgan fingerprint density at radius 1 is 1.82 bits per heavy atom. The van der Waals surface area contributed by atoms with Gasteiger partial charge in [-0.3, -0.25) is 4.79 Å². The summed E-state index contributed by atoms with van der Waals surface area (Å²) >= 11 is 3.76. The first-order valence-corrected chi connectivity index (χ1v) is 3.67. The number of carbonyl (C=O) groups excluding carboxylic acids is 1. The Labute approximate surface area is 71.8 Å². The van der Waals surface area contributed by atoms with Crippen LogP contribution < -0.4 is 5.32 Å². The summed E-state index contributed by atoms with van der Waals surface area (Å²) in [5.74, 6) is -1.48. The van der Waals surface area contributed by atoms with E-state index in [9.17, 15) is 9.59 Å². The fraction of sp³-hybridized carbons (Fsp3) is 0.667. The summed E-state index contributed by atoms with van der Waals surface area (Å²) in [5, 5.41) is 10.7. The number of nitrogens with one attached hydrogen (secondary N) is 1. The summed E-state index contributed by atoms with van der Waals surface area (Å²) in [7, 11) is 0. The highest BCUT2D eigenvalue weighted by Gasteiger charge is 2.16. The molecule has 2 N–H and O–H groups in total. The maximum absolute atomic E-state index is 10.8. The molecule has 0 unspecified atom stereocenters. The van der Waals surface area contributed by atoms with Gasteiger partial charge in [0.1, 0.15) is 6.04 Å². The molecular formula is C6H11NO3S. The Morgan fingerprint density at radius 2 is 2.45 bits per heavy atom. The molecule has 0 fully saturated rings. The second-order valence-electron chi connectivity index (χ2n) is 1.89. The molecule has 1 atom stereocenters. The second-order valence-corrected chi connectivity index (χ2v) is 2.26. The smallest absolute Gasteiger partial charge is 0.327 e. The molecule has 0 saturated heterocycles. The number of hydrogen-bond acceptors (Lipinski definition) is 3. The quantitative estimate of drug-likeness (QED) is 0.526. The van der Waals surface area contributed by atoms with Crippen molar-refractivity contribution < 1.29 is 16.1 Å². The molecule has 0 heterocycles. The van der Waals surface area contributed by atoms with Crippen molar-refractivity contribution in [1.29, 1.82) is 0 Å². The maximum Gasteiger partial charge on any atom is 0.327 e. The standard InChI is InChI=1S/C6H11NO3S/c1-2-5(8)7-4(3-11)6(9)10/h4,11H,2-3H2,1H3,(H,7,8)(H,9,10)/t4-/m0/s1/i1D. The Hall–Kier alpha value is -0.710. The van der Waals surface area contributed by atoms with Gasteiger partial charge in [0.05, 0.1) is 0 Å². The van der Waals surface area contributed by atoms with E-state index in [1.807, 2.05) is 0 Å². The fourth-order valence-electron chi connectivity index (χ4n) is 0.452. The molecule has 0 saturated carbocycles. The largest absolute Gasteiger partial charge is 0.480 e. The van der Waals surface area contributed by atoms with Crippen LogP contribution in [0, 0.1) is 0 Å².